The Morgan fingerprint density at radius 2 is 2.10 bits per heavy atom. The van der Waals surface area contributed by atoms with Crippen LogP contribution in [0.15, 0.2) is 23.0 Å². The minimum Gasteiger partial charge on any atom is -0.495 e. The van der Waals surface area contributed by atoms with Gasteiger partial charge in [0.05, 0.1) is 24.3 Å². The van der Waals surface area contributed by atoms with Gasteiger partial charge in [0.1, 0.15) is 11.6 Å². The summed E-state index contributed by atoms with van der Waals surface area (Å²) < 4.78 is 5.32. The second kappa shape index (κ2) is 8.41. The third-order valence-corrected chi connectivity index (χ3v) is 5.94. The van der Waals surface area contributed by atoms with Crippen LogP contribution in [0.25, 0.3) is 0 Å². The average molecular weight is 425 g/mol. The van der Waals surface area contributed by atoms with Gasteiger partial charge in [0.15, 0.2) is 0 Å². The van der Waals surface area contributed by atoms with Crippen LogP contribution in [-0.2, 0) is 9.59 Å². The number of aromatic amines is 1. The van der Waals surface area contributed by atoms with Crippen LogP contribution < -0.4 is 25.8 Å². The molecule has 0 aliphatic carbocycles. The Morgan fingerprint density at radius 1 is 1.29 bits per heavy atom. The molecule has 9 heteroatoms. The van der Waals surface area contributed by atoms with Crippen molar-refractivity contribution in [1.29, 1.82) is 0 Å². The lowest BCUT2D eigenvalue weighted by Crippen LogP contribution is -2.42. The molecule has 0 spiro atoms. The number of methoxy groups -OCH3 is 1. The Kier molecular flexibility index (Phi) is 5.67. The van der Waals surface area contributed by atoms with Gasteiger partial charge in [0.2, 0.25) is 17.8 Å². The molecule has 0 unspecified atom stereocenters. The molecule has 1 aromatic heterocycles. The Balaban J connectivity index is 1.67. The van der Waals surface area contributed by atoms with Crippen LogP contribution in [0, 0.1) is 6.92 Å². The lowest BCUT2D eigenvalue weighted by Gasteiger charge is -2.34. The molecule has 2 aliphatic heterocycles. The predicted octanol–water partition coefficient (Wildman–Crippen LogP) is 2.53. The summed E-state index contributed by atoms with van der Waals surface area (Å²) in [6.45, 7) is 4.77. The van der Waals surface area contributed by atoms with E-state index in [1.807, 2.05) is 17.9 Å². The molecule has 4 rings (SSSR count). The molecule has 0 saturated carbocycles. The van der Waals surface area contributed by atoms with Crippen LogP contribution in [0.1, 0.15) is 49.7 Å². The molecule has 31 heavy (non-hydrogen) atoms. The Hall–Kier alpha value is -3.36. The number of carbonyl (C=O) groups excluding carboxylic acids is 2. The highest BCUT2D eigenvalue weighted by molar-refractivity contribution is 6.05. The van der Waals surface area contributed by atoms with Crippen LogP contribution in [0.2, 0.25) is 0 Å². The zero-order valence-electron chi connectivity index (χ0n) is 17.9. The number of piperidine rings is 1. The summed E-state index contributed by atoms with van der Waals surface area (Å²) in [5.74, 6) is -0.660. The summed E-state index contributed by atoms with van der Waals surface area (Å²) in [6.07, 6.45) is 3.03. The minimum atomic E-state index is -0.946. The van der Waals surface area contributed by atoms with E-state index >= 15 is 0 Å². The van der Waals surface area contributed by atoms with Crippen molar-refractivity contribution < 1.29 is 14.3 Å². The monoisotopic (exact) mass is 425 g/mol. The Morgan fingerprint density at radius 3 is 2.84 bits per heavy atom. The molecular formula is C22H27N5O4. The third kappa shape index (κ3) is 4.12. The number of nitrogens with one attached hydrogen (secondary N) is 3. The summed E-state index contributed by atoms with van der Waals surface area (Å²) in [5, 5.41) is 5.48. The number of nitrogens with zero attached hydrogens (tertiary/aromatic N) is 2. The maximum absolute atomic E-state index is 13.1. The van der Waals surface area contributed by atoms with E-state index in [0.717, 1.165) is 31.4 Å². The third-order valence-electron chi connectivity index (χ3n) is 5.94. The lowest BCUT2D eigenvalue weighted by molar-refractivity contribution is -0.123. The lowest BCUT2D eigenvalue weighted by atomic mass is 9.92. The molecule has 2 atom stereocenters. The predicted molar refractivity (Wildman–Crippen MR) is 118 cm³/mol. The molecule has 164 valence electrons. The molecule has 1 aromatic carbocycles. The smallest absolute Gasteiger partial charge is 0.258 e. The van der Waals surface area contributed by atoms with E-state index in [-0.39, 0.29) is 29.8 Å². The average Bonchev–Trinajstić information content (AvgIpc) is 2.73. The zero-order chi connectivity index (χ0) is 22.1. The van der Waals surface area contributed by atoms with Gasteiger partial charge in [-0.3, -0.25) is 19.4 Å². The van der Waals surface area contributed by atoms with Crippen LogP contribution in [0.4, 0.5) is 17.5 Å². The topological polar surface area (TPSA) is 116 Å². The van der Waals surface area contributed by atoms with Gasteiger partial charge in [-0.2, -0.15) is 4.98 Å². The largest absolute Gasteiger partial charge is 0.495 e. The van der Waals surface area contributed by atoms with Gasteiger partial charge in [0, 0.05) is 19.0 Å². The second-order valence-corrected chi connectivity index (χ2v) is 8.19. The van der Waals surface area contributed by atoms with E-state index in [1.165, 1.54) is 7.11 Å². The number of hydrogen-bond acceptors (Lipinski definition) is 6. The number of aryl methyl sites for hydroxylation is 1. The second-order valence-electron chi connectivity index (χ2n) is 8.19. The number of amides is 2. The number of benzene rings is 1. The number of fused-ring (bicyclic) bond motifs is 1. The summed E-state index contributed by atoms with van der Waals surface area (Å²) >= 11 is 0. The molecule has 3 heterocycles. The summed E-state index contributed by atoms with van der Waals surface area (Å²) in [5.41, 5.74) is 1.20. The SMILES string of the molecule is COc1ccc(C)cc1NC(=O)[C@H]1CC(=O)Nc2nc(N3CCCC[C@@H]3C)[nH]c(=O)c21. The molecule has 2 aliphatic rings. The van der Waals surface area contributed by atoms with Crippen molar-refractivity contribution in [3.05, 3.63) is 39.7 Å². The van der Waals surface area contributed by atoms with E-state index in [9.17, 15) is 14.4 Å². The summed E-state index contributed by atoms with van der Waals surface area (Å²) in [4.78, 5) is 47.9. The first-order valence-electron chi connectivity index (χ1n) is 10.5. The molecule has 3 N–H and O–H groups in total. The van der Waals surface area contributed by atoms with Gasteiger partial charge in [-0.1, -0.05) is 6.07 Å². The number of ether oxygens (including phenoxy) is 1. The molecule has 1 fully saturated rings. The number of carbonyl (C=O) groups is 2. The fraction of sp³-hybridized carbons (Fsp3) is 0.455. The van der Waals surface area contributed by atoms with Crippen molar-refractivity contribution in [3.63, 3.8) is 0 Å². The van der Waals surface area contributed by atoms with Gasteiger partial charge < -0.3 is 20.3 Å². The standard InChI is InChI=1S/C22H27N5O4/c1-12-7-8-16(31-3)15(10-12)23-20(29)14-11-17(28)24-19-18(14)21(30)26-22(25-19)27-9-5-4-6-13(27)2/h7-8,10,13-14H,4-6,9,11H2,1-3H3,(H,23,29)(H2,24,25,26,28,30)/t13-,14-/m0/s1. The van der Waals surface area contributed by atoms with Crippen molar-refractivity contribution in [1.82, 2.24) is 9.97 Å². The fourth-order valence-electron chi connectivity index (χ4n) is 4.27. The highest BCUT2D eigenvalue weighted by atomic mass is 16.5. The van der Waals surface area contributed by atoms with Crippen LogP contribution >= 0.6 is 0 Å². The molecule has 9 nitrogen and oxygen atoms in total. The highest BCUT2D eigenvalue weighted by Crippen LogP contribution is 2.33. The first kappa shape index (κ1) is 20.9. The minimum absolute atomic E-state index is 0.128. The number of anilines is 3. The molecular weight excluding hydrogens is 398 g/mol. The fourth-order valence-corrected chi connectivity index (χ4v) is 4.27. The quantitative estimate of drug-likeness (QED) is 0.693. The first-order chi connectivity index (χ1) is 14.9. The van der Waals surface area contributed by atoms with Crippen molar-refractivity contribution in [3.8, 4) is 5.75 Å². The van der Waals surface area contributed by atoms with Gasteiger partial charge in [-0.15, -0.1) is 0 Å². The molecule has 0 bridgehead atoms. The number of hydrogen-bond donors (Lipinski definition) is 3. The van der Waals surface area contributed by atoms with Crippen molar-refractivity contribution >= 4 is 29.3 Å². The van der Waals surface area contributed by atoms with E-state index in [2.05, 4.69) is 27.5 Å². The highest BCUT2D eigenvalue weighted by Gasteiger charge is 2.36. The van der Waals surface area contributed by atoms with Gasteiger partial charge in [-0.25, -0.2) is 0 Å². The summed E-state index contributed by atoms with van der Waals surface area (Å²) in [6, 6.07) is 5.65. The Bertz CT molecular complexity index is 1080. The maximum atomic E-state index is 13.1. The number of aromatic nitrogens is 2. The maximum Gasteiger partial charge on any atom is 0.258 e. The van der Waals surface area contributed by atoms with E-state index < -0.39 is 17.4 Å². The van der Waals surface area contributed by atoms with E-state index in [1.54, 1.807) is 12.1 Å². The molecule has 2 amide bonds. The number of rotatable bonds is 4. The van der Waals surface area contributed by atoms with Crippen LogP contribution in [0.5, 0.6) is 5.75 Å². The van der Waals surface area contributed by atoms with Gasteiger partial charge in [-0.05, 0) is 50.8 Å². The van der Waals surface area contributed by atoms with Crippen LogP contribution in [-0.4, -0.2) is 41.5 Å². The summed E-state index contributed by atoms with van der Waals surface area (Å²) in [7, 11) is 1.52. The van der Waals surface area contributed by atoms with Crippen molar-refractivity contribution in [2.24, 2.45) is 0 Å². The Labute approximate surface area is 180 Å². The van der Waals surface area contributed by atoms with Crippen molar-refractivity contribution in [2.75, 3.05) is 29.2 Å². The van der Waals surface area contributed by atoms with E-state index in [4.69, 9.17) is 4.74 Å². The van der Waals surface area contributed by atoms with Gasteiger partial charge >= 0.3 is 0 Å². The van der Waals surface area contributed by atoms with E-state index in [0.29, 0.717) is 17.4 Å². The zero-order valence-corrected chi connectivity index (χ0v) is 17.9. The van der Waals surface area contributed by atoms with Gasteiger partial charge in [0.25, 0.3) is 5.56 Å². The first-order valence-corrected chi connectivity index (χ1v) is 10.5. The van der Waals surface area contributed by atoms with Crippen molar-refractivity contribution in [2.45, 2.75) is 51.5 Å². The normalized spacial score (nSPS) is 20.6. The number of H-pyrrole nitrogens is 1. The molecule has 2 aromatic rings. The van der Waals surface area contributed by atoms with Crippen LogP contribution in [0.3, 0.4) is 0 Å². The molecule has 1 saturated heterocycles. The molecule has 0 radical (unpaired) electrons.